The Morgan fingerprint density at radius 1 is 1.09 bits per heavy atom. The molecule has 2 fully saturated rings. The van der Waals surface area contributed by atoms with Crippen LogP contribution >= 0.6 is 0 Å². The average Bonchev–Trinajstić information content (AvgIpc) is 3.44. The Bertz CT molecular complexity index is 877. The van der Waals surface area contributed by atoms with E-state index in [1.54, 1.807) is 0 Å². The number of likely N-dealkylation sites (N-methyl/N-ethyl adjacent to an activating group) is 1. The fraction of sp³-hybridized carbons (Fsp3) is 0.560. The number of hydrogen-bond donors (Lipinski definition) is 2. The molecule has 2 aliphatic carbocycles. The lowest BCUT2D eigenvalue weighted by Crippen LogP contribution is -2.44. The van der Waals surface area contributed by atoms with Gasteiger partial charge in [0.2, 0.25) is 11.8 Å². The zero-order valence-electron chi connectivity index (χ0n) is 19.5. The molecule has 2 bridgehead atoms. The molecule has 1 aromatic carbocycles. The smallest absolute Gasteiger partial charge is 0.233 e. The first kappa shape index (κ1) is 22.5. The maximum Gasteiger partial charge on any atom is 0.233 e. The Morgan fingerprint density at radius 2 is 1.72 bits per heavy atom. The third-order valence-corrected chi connectivity index (χ3v) is 7.04. The zero-order valence-corrected chi connectivity index (χ0v) is 19.5. The largest absolute Gasteiger partial charge is 0.357 e. The van der Waals surface area contributed by atoms with Crippen LogP contribution < -0.4 is 10.6 Å². The summed E-state index contributed by atoms with van der Waals surface area (Å²) in [5, 5.41) is 6.58. The van der Waals surface area contributed by atoms with E-state index in [1.807, 2.05) is 6.92 Å². The van der Waals surface area contributed by atoms with Crippen molar-refractivity contribution in [1.29, 1.82) is 0 Å². The minimum absolute atomic E-state index is 0.00707. The number of guanidine groups is 1. The maximum absolute atomic E-state index is 12.9. The molecule has 1 saturated heterocycles. The van der Waals surface area contributed by atoms with Gasteiger partial charge in [0.25, 0.3) is 0 Å². The summed E-state index contributed by atoms with van der Waals surface area (Å²) >= 11 is 0. The number of nitrogens with one attached hydrogen (secondary N) is 2. The van der Waals surface area contributed by atoms with Crippen LogP contribution in [0.15, 0.2) is 41.4 Å². The van der Waals surface area contributed by atoms with E-state index in [4.69, 9.17) is 4.99 Å². The number of amides is 2. The Hall–Kier alpha value is -2.67. The van der Waals surface area contributed by atoms with E-state index in [9.17, 15) is 9.59 Å². The third-order valence-electron chi connectivity index (χ3n) is 7.04. The average molecular weight is 438 g/mol. The number of carbonyl (C=O) groups is 2. The van der Waals surface area contributed by atoms with Gasteiger partial charge in [0.05, 0.1) is 24.4 Å². The Kier molecular flexibility index (Phi) is 6.65. The van der Waals surface area contributed by atoms with E-state index >= 15 is 0 Å². The summed E-state index contributed by atoms with van der Waals surface area (Å²) in [6.45, 7) is 6.32. The molecule has 2 N–H and O–H groups in total. The number of allylic oxidation sites excluding steroid dienone is 2. The van der Waals surface area contributed by atoms with Gasteiger partial charge in [0, 0.05) is 19.6 Å². The molecule has 7 heteroatoms. The van der Waals surface area contributed by atoms with E-state index < -0.39 is 0 Å². The fourth-order valence-corrected chi connectivity index (χ4v) is 5.35. The number of aliphatic imine (C=N–C) groups is 1. The van der Waals surface area contributed by atoms with Crippen LogP contribution in [-0.2, 0) is 9.59 Å². The van der Waals surface area contributed by atoms with Crippen LogP contribution in [0.25, 0.3) is 0 Å². The molecular formula is C25H35N5O2. The number of likely N-dealkylation sites (tertiary alicyclic amines) is 1. The van der Waals surface area contributed by atoms with Crippen molar-refractivity contribution >= 4 is 17.8 Å². The van der Waals surface area contributed by atoms with Crippen molar-refractivity contribution < 1.29 is 9.59 Å². The molecule has 1 heterocycles. The normalized spacial score (nSPS) is 27.4. The molecule has 4 rings (SSSR count). The number of rotatable bonds is 8. The van der Waals surface area contributed by atoms with E-state index in [2.05, 4.69) is 73.0 Å². The predicted molar refractivity (Wildman–Crippen MR) is 126 cm³/mol. The molecule has 5 atom stereocenters. The number of carbonyl (C=O) groups excluding carboxylic acids is 2. The van der Waals surface area contributed by atoms with E-state index in [-0.39, 0.29) is 41.5 Å². The highest BCUT2D eigenvalue weighted by atomic mass is 16.2. The van der Waals surface area contributed by atoms with Gasteiger partial charge in [-0.25, -0.2) is 0 Å². The Balaban J connectivity index is 1.35. The monoisotopic (exact) mass is 437 g/mol. The van der Waals surface area contributed by atoms with Gasteiger partial charge in [-0.3, -0.25) is 19.5 Å². The first-order chi connectivity index (χ1) is 15.4. The third kappa shape index (κ3) is 4.31. The molecule has 1 saturated carbocycles. The van der Waals surface area contributed by atoms with Crippen molar-refractivity contribution in [3.63, 3.8) is 0 Å². The Morgan fingerprint density at radius 3 is 2.28 bits per heavy atom. The summed E-state index contributed by atoms with van der Waals surface area (Å²) in [6, 6.07) is 8.72. The van der Waals surface area contributed by atoms with Crippen LogP contribution in [0.3, 0.4) is 0 Å². The molecule has 172 valence electrons. The summed E-state index contributed by atoms with van der Waals surface area (Å²) in [5.74, 6) is 0.961. The Labute approximate surface area is 190 Å². The SMILES string of the molecule is CCNC(=NCC(c1ccc(C)cc1)N(C)C)NCCN1C(=O)C2C3C=CC(C3)C2C1=O. The highest BCUT2D eigenvalue weighted by Gasteiger charge is 2.58. The lowest BCUT2D eigenvalue weighted by atomic mass is 9.85. The van der Waals surface area contributed by atoms with Crippen LogP contribution in [0.1, 0.15) is 30.5 Å². The first-order valence-electron chi connectivity index (χ1n) is 11.7. The molecule has 32 heavy (non-hydrogen) atoms. The number of fused-ring (bicyclic) bond motifs is 5. The molecular weight excluding hydrogens is 402 g/mol. The summed E-state index contributed by atoms with van der Waals surface area (Å²) in [7, 11) is 4.12. The van der Waals surface area contributed by atoms with Crippen molar-refractivity contribution in [3.05, 3.63) is 47.5 Å². The second kappa shape index (κ2) is 9.45. The molecule has 2 amide bonds. The first-order valence-corrected chi connectivity index (χ1v) is 11.7. The van der Waals surface area contributed by atoms with Crippen molar-refractivity contribution in [2.45, 2.75) is 26.3 Å². The van der Waals surface area contributed by atoms with Crippen LogP contribution in [-0.4, -0.2) is 67.8 Å². The molecule has 7 nitrogen and oxygen atoms in total. The van der Waals surface area contributed by atoms with Crippen LogP contribution in [0.4, 0.5) is 0 Å². The van der Waals surface area contributed by atoms with Gasteiger partial charge in [-0.1, -0.05) is 42.0 Å². The maximum atomic E-state index is 12.9. The van der Waals surface area contributed by atoms with Crippen LogP contribution in [0.5, 0.6) is 0 Å². The highest BCUT2D eigenvalue weighted by Crippen LogP contribution is 2.52. The van der Waals surface area contributed by atoms with E-state index in [1.165, 1.54) is 16.0 Å². The minimum atomic E-state index is -0.130. The topological polar surface area (TPSA) is 77.0 Å². The van der Waals surface area contributed by atoms with Gasteiger partial charge in [0.15, 0.2) is 5.96 Å². The summed E-state index contributed by atoms with van der Waals surface area (Å²) < 4.78 is 0. The molecule has 1 aromatic rings. The van der Waals surface area contributed by atoms with Gasteiger partial charge in [-0.2, -0.15) is 0 Å². The molecule has 1 aliphatic heterocycles. The zero-order chi connectivity index (χ0) is 22.8. The van der Waals surface area contributed by atoms with Crippen molar-refractivity contribution in [3.8, 4) is 0 Å². The van der Waals surface area contributed by atoms with Gasteiger partial charge in [-0.15, -0.1) is 0 Å². The molecule has 0 radical (unpaired) electrons. The molecule has 5 unspecified atom stereocenters. The summed E-state index contributed by atoms with van der Waals surface area (Å²) in [6.07, 6.45) is 5.22. The number of aryl methyl sites for hydroxylation is 1. The molecule has 3 aliphatic rings. The quantitative estimate of drug-likeness (QED) is 0.281. The lowest BCUT2D eigenvalue weighted by Gasteiger charge is -2.24. The van der Waals surface area contributed by atoms with Crippen molar-refractivity contribution in [1.82, 2.24) is 20.4 Å². The lowest BCUT2D eigenvalue weighted by molar-refractivity contribution is -0.140. The van der Waals surface area contributed by atoms with Crippen LogP contribution in [0.2, 0.25) is 0 Å². The van der Waals surface area contributed by atoms with Gasteiger partial charge >= 0.3 is 0 Å². The summed E-state index contributed by atoms with van der Waals surface area (Å²) in [4.78, 5) is 34.1. The fourth-order valence-electron chi connectivity index (χ4n) is 5.35. The summed E-state index contributed by atoms with van der Waals surface area (Å²) in [5.41, 5.74) is 2.46. The van der Waals surface area contributed by atoms with Crippen molar-refractivity contribution in [2.24, 2.45) is 28.7 Å². The minimum Gasteiger partial charge on any atom is -0.357 e. The van der Waals surface area contributed by atoms with E-state index in [0.717, 1.165) is 13.0 Å². The standard InChI is InChI=1S/C25H35N5O2/c1-5-26-25(28-15-20(29(3)4)17-8-6-16(2)7-9-17)27-12-13-30-23(31)21-18-10-11-19(14-18)22(21)24(30)32/h6-11,18-22H,5,12-15H2,1-4H3,(H2,26,27,28). The van der Waals surface area contributed by atoms with E-state index in [0.29, 0.717) is 25.6 Å². The van der Waals surface area contributed by atoms with Gasteiger partial charge < -0.3 is 15.5 Å². The number of hydrogen-bond acceptors (Lipinski definition) is 4. The van der Waals surface area contributed by atoms with Gasteiger partial charge in [0.1, 0.15) is 0 Å². The number of benzene rings is 1. The predicted octanol–water partition coefficient (Wildman–Crippen LogP) is 1.96. The highest BCUT2D eigenvalue weighted by molar-refractivity contribution is 6.06. The molecule has 0 spiro atoms. The number of nitrogens with zero attached hydrogens (tertiary/aromatic N) is 3. The van der Waals surface area contributed by atoms with Crippen LogP contribution in [0, 0.1) is 30.6 Å². The van der Waals surface area contributed by atoms with Crippen molar-refractivity contribution in [2.75, 3.05) is 40.3 Å². The second-order valence-corrected chi connectivity index (χ2v) is 9.36. The second-order valence-electron chi connectivity index (χ2n) is 9.36. The number of imide groups is 1. The van der Waals surface area contributed by atoms with Gasteiger partial charge in [-0.05, 0) is 51.8 Å². The molecule has 0 aromatic heterocycles.